The van der Waals surface area contributed by atoms with Gasteiger partial charge in [0.2, 0.25) is 5.91 Å². The fraction of sp³-hybridized carbons (Fsp3) is 0.286. The van der Waals surface area contributed by atoms with Crippen LogP contribution < -0.4 is 5.32 Å². The van der Waals surface area contributed by atoms with Crippen LogP contribution in [0.25, 0.3) is 5.70 Å². The lowest BCUT2D eigenvalue weighted by atomic mass is 10.1. The quantitative estimate of drug-likeness (QED) is 0.864. The zero-order chi connectivity index (χ0) is 13.1. The minimum atomic E-state index is -0.414. The Morgan fingerprint density at radius 3 is 2.67 bits per heavy atom. The Kier molecular flexibility index (Phi) is 3.46. The Balaban J connectivity index is 2.06. The molecule has 1 aliphatic rings. The summed E-state index contributed by atoms with van der Waals surface area (Å²) in [7, 11) is 0. The number of amides is 1. The summed E-state index contributed by atoms with van der Waals surface area (Å²) in [6.45, 7) is 6.23. The molecule has 1 unspecified atom stereocenters. The van der Waals surface area contributed by atoms with Gasteiger partial charge in [0, 0.05) is 19.2 Å². The summed E-state index contributed by atoms with van der Waals surface area (Å²) in [4.78, 5) is 24.6. The summed E-state index contributed by atoms with van der Waals surface area (Å²) in [5, 5.41) is 2.66. The van der Waals surface area contributed by atoms with E-state index in [0.717, 1.165) is 11.3 Å². The number of benzene rings is 1. The third-order valence-corrected chi connectivity index (χ3v) is 3.00. The normalized spacial score (nSPS) is 18.8. The fourth-order valence-electron chi connectivity index (χ4n) is 2.08. The largest absolute Gasteiger partial charge is 0.362 e. The molecule has 1 aromatic rings. The number of hydrogen-bond donors (Lipinski definition) is 1. The molecule has 1 atom stereocenters. The average Bonchev–Trinajstić information content (AvgIpc) is 2.70. The number of likely N-dealkylation sites (tertiary alicyclic amines) is 1. The molecule has 0 radical (unpaired) electrons. The van der Waals surface area contributed by atoms with Crippen molar-refractivity contribution in [2.24, 2.45) is 0 Å². The van der Waals surface area contributed by atoms with Gasteiger partial charge in [-0.1, -0.05) is 36.9 Å². The highest BCUT2D eigenvalue weighted by Gasteiger charge is 2.31. The van der Waals surface area contributed by atoms with E-state index in [1.807, 2.05) is 35.2 Å². The van der Waals surface area contributed by atoms with Gasteiger partial charge in [-0.2, -0.15) is 0 Å². The molecule has 1 heterocycles. The van der Waals surface area contributed by atoms with Crippen molar-refractivity contribution in [1.82, 2.24) is 10.2 Å². The summed E-state index contributed by atoms with van der Waals surface area (Å²) < 4.78 is 0. The predicted molar refractivity (Wildman–Crippen MR) is 69.7 cm³/mol. The maximum Gasteiger partial charge on any atom is 0.217 e. The molecule has 1 aromatic carbocycles. The van der Waals surface area contributed by atoms with Crippen molar-refractivity contribution in [2.75, 3.05) is 13.1 Å². The smallest absolute Gasteiger partial charge is 0.217 e. The van der Waals surface area contributed by atoms with Crippen molar-refractivity contribution in [3.8, 4) is 0 Å². The van der Waals surface area contributed by atoms with Gasteiger partial charge in [0.25, 0.3) is 0 Å². The second-order valence-corrected chi connectivity index (χ2v) is 4.41. The summed E-state index contributed by atoms with van der Waals surface area (Å²) in [6, 6.07) is 9.30. The predicted octanol–water partition coefficient (Wildman–Crippen LogP) is 1.05. The Morgan fingerprint density at radius 2 is 2.06 bits per heavy atom. The molecule has 0 aliphatic carbocycles. The van der Waals surface area contributed by atoms with Crippen LogP contribution in [-0.4, -0.2) is 35.7 Å². The highest BCUT2D eigenvalue weighted by Crippen LogP contribution is 2.20. The minimum Gasteiger partial charge on any atom is -0.362 e. The van der Waals surface area contributed by atoms with Gasteiger partial charge in [-0.3, -0.25) is 9.59 Å². The molecule has 2 rings (SSSR count). The molecular weight excluding hydrogens is 228 g/mol. The zero-order valence-corrected chi connectivity index (χ0v) is 10.3. The lowest BCUT2D eigenvalue weighted by Gasteiger charge is -2.20. The number of Topliss-reactive ketones (excluding diaryl/α,β-unsaturated/α-hetero) is 1. The lowest BCUT2D eigenvalue weighted by Crippen LogP contribution is -2.39. The van der Waals surface area contributed by atoms with Gasteiger partial charge in [0.15, 0.2) is 5.78 Å². The van der Waals surface area contributed by atoms with Crippen LogP contribution in [0.1, 0.15) is 12.5 Å². The Hall–Kier alpha value is -2.10. The minimum absolute atomic E-state index is 0.0299. The zero-order valence-electron chi connectivity index (χ0n) is 10.3. The van der Waals surface area contributed by atoms with E-state index in [9.17, 15) is 9.59 Å². The maximum absolute atomic E-state index is 11.8. The van der Waals surface area contributed by atoms with Crippen molar-refractivity contribution in [3.05, 3.63) is 42.5 Å². The summed E-state index contributed by atoms with van der Waals surface area (Å²) in [6.07, 6.45) is 0. The first-order valence-corrected chi connectivity index (χ1v) is 5.87. The second-order valence-electron chi connectivity index (χ2n) is 4.41. The SMILES string of the molecule is C=C(c1ccccc1)N1CC(=O)C(NC(C)=O)C1. The molecule has 1 fully saturated rings. The van der Waals surface area contributed by atoms with Crippen molar-refractivity contribution in [2.45, 2.75) is 13.0 Å². The maximum atomic E-state index is 11.8. The molecule has 94 valence electrons. The Bertz CT molecular complexity index is 482. The molecule has 1 amide bonds. The topological polar surface area (TPSA) is 49.4 Å². The van der Waals surface area contributed by atoms with Crippen LogP contribution in [0.15, 0.2) is 36.9 Å². The lowest BCUT2D eigenvalue weighted by molar-refractivity contribution is -0.124. The van der Waals surface area contributed by atoms with Crippen LogP contribution in [0.2, 0.25) is 0 Å². The van der Waals surface area contributed by atoms with E-state index >= 15 is 0 Å². The first kappa shape index (κ1) is 12.4. The van der Waals surface area contributed by atoms with E-state index in [1.54, 1.807) is 0 Å². The van der Waals surface area contributed by atoms with Crippen molar-refractivity contribution < 1.29 is 9.59 Å². The summed E-state index contributed by atoms with van der Waals surface area (Å²) in [5.74, 6) is -0.150. The number of carbonyl (C=O) groups is 2. The van der Waals surface area contributed by atoms with Crippen LogP contribution in [0.3, 0.4) is 0 Å². The van der Waals surface area contributed by atoms with Crippen LogP contribution in [0.4, 0.5) is 0 Å². The molecule has 4 heteroatoms. The molecule has 0 aromatic heterocycles. The Labute approximate surface area is 106 Å². The van der Waals surface area contributed by atoms with Crippen LogP contribution >= 0.6 is 0 Å². The first-order chi connectivity index (χ1) is 8.58. The van der Waals surface area contributed by atoms with Crippen LogP contribution in [0, 0.1) is 0 Å². The third-order valence-electron chi connectivity index (χ3n) is 3.00. The first-order valence-electron chi connectivity index (χ1n) is 5.87. The van der Waals surface area contributed by atoms with Gasteiger partial charge >= 0.3 is 0 Å². The molecule has 0 bridgehead atoms. The van der Waals surface area contributed by atoms with E-state index in [0.29, 0.717) is 13.1 Å². The molecule has 0 saturated carbocycles. The molecular formula is C14H16N2O2. The van der Waals surface area contributed by atoms with Crippen LogP contribution in [-0.2, 0) is 9.59 Å². The van der Waals surface area contributed by atoms with E-state index in [1.165, 1.54) is 6.92 Å². The number of hydrogen-bond acceptors (Lipinski definition) is 3. The molecule has 1 aliphatic heterocycles. The molecule has 18 heavy (non-hydrogen) atoms. The third kappa shape index (κ3) is 2.59. The van der Waals surface area contributed by atoms with Crippen molar-refractivity contribution >= 4 is 17.4 Å². The van der Waals surface area contributed by atoms with Gasteiger partial charge in [-0.05, 0) is 5.56 Å². The molecule has 0 spiro atoms. The molecule has 1 N–H and O–H groups in total. The Morgan fingerprint density at radius 1 is 1.39 bits per heavy atom. The second kappa shape index (κ2) is 5.04. The number of nitrogens with one attached hydrogen (secondary N) is 1. The fourth-order valence-corrected chi connectivity index (χ4v) is 2.08. The number of carbonyl (C=O) groups excluding carboxylic acids is 2. The summed E-state index contributed by atoms with van der Waals surface area (Å²) >= 11 is 0. The van der Waals surface area contributed by atoms with E-state index in [4.69, 9.17) is 0 Å². The van der Waals surface area contributed by atoms with E-state index in [-0.39, 0.29) is 11.7 Å². The number of rotatable bonds is 3. The van der Waals surface area contributed by atoms with Gasteiger partial charge in [0.05, 0.1) is 6.54 Å². The number of ketones is 1. The van der Waals surface area contributed by atoms with Gasteiger partial charge in [-0.25, -0.2) is 0 Å². The van der Waals surface area contributed by atoms with Crippen molar-refractivity contribution in [1.29, 1.82) is 0 Å². The van der Waals surface area contributed by atoms with Crippen LogP contribution in [0.5, 0.6) is 0 Å². The van der Waals surface area contributed by atoms with Gasteiger partial charge in [-0.15, -0.1) is 0 Å². The average molecular weight is 244 g/mol. The monoisotopic (exact) mass is 244 g/mol. The highest BCUT2D eigenvalue weighted by molar-refractivity contribution is 5.93. The van der Waals surface area contributed by atoms with Gasteiger partial charge < -0.3 is 10.2 Å². The number of nitrogens with zero attached hydrogens (tertiary/aromatic N) is 1. The van der Waals surface area contributed by atoms with Gasteiger partial charge in [0.1, 0.15) is 6.04 Å². The van der Waals surface area contributed by atoms with E-state index in [2.05, 4.69) is 11.9 Å². The summed E-state index contributed by atoms with van der Waals surface area (Å²) in [5.41, 5.74) is 1.81. The standard InChI is InChI=1S/C14H16N2O2/c1-10(12-6-4-3-5-7-12)16-8-13(14(18)9-16)15-11(2)17/h3-7,13H,1,8-9H2,2H3,(H,15,17). The van der Waals surface area contributed by atoms with E-state index < -0.39 is 6.04 Å². The molecule has 4 nitrogen and oxygen atoms in total. The van der Waals surface area contributed by atoms with Crippen molar-refractivity contribution in [3.63, 3.8) is 0 Å². The molecule has 1 saturated heterocycles. The highest BCUT2D eigenvalue weighted by atomic mass is 16.2.